The van der Waals surface area contributed by atoms with E-state index in [0.29, 0.717) is 17.4 Å². The summed E-state index contributed by atoms with van der Waals surface area (Å²) in [7, 11) is 0. The number of nitrogens with two attached hydrogens (primary N) is 2. The lowest BCUT2D eigenvalue weighted by Crippen LogP contribution is -2.29. The first-order valence-corrected chi connectivity index (χ1v) is 5.43. The molecule has 1 atom stereocenters. The second-order valence-corrected chi connectivity index (χ2v) is 4.40. The third kappa shape index (κ3) is 2.14. The number of nitrogens with zero attached hydrogens (tertiary/aromatic N) is 2. The fraction of sp³-hybridized carbons (Fsp3) is 0.455. The number of imidazole rings is 1. The van der Waals surface area contributed by atoms with Crippen LogP contribution in [0.5, 0.6) is 0 Å². The maximum Gasteiger partial charge on any atom is 0.179 e. The predicted octanol–water partition coefficient (Wildman–Crippen LogP) is 1.07. The third-order valence-electron chi connectivity index (χ3n) is 2.70. The molecule has 0 radical (unpaired) electrons. The zero-order chi connectivity index (χ0) is 11.7. The first-order chi connectivity index (χ1) is 7.56. The van der Waals surface area contributed by atoms with Gasteiger partial charge in [-0.2, -0.15) is 0 Å². The average Bonchev–Trinajstić information content (AvgIpc) is 2.58. The topological polar surface area (TPSA) is 93.6 Å². The molecule has 0 saturated heterocycles. The van der Waals surface area contributed by atoms with Gasteiger partial charge in [0.2, 0.25) is 0 Å². The van der Waals surface area contributed by atoms with E-state index in [2.05, 4.69) is 28.8 Å². The molecule has 2 rings (SSSR count). The average molecular weight is 219 g/mol. The Morgan fingerprint density at radius 1 is 1.31 bits per heavy atom. The van der Waals surface area contributed by atoms with Crippen molar-refractivity contribution in [3.05, 3.63) is 18.0 Å². The molecule has 5 heteroatoms. The summed E-state index contributed by atoms with van der Waals surface area (Å²) in [5.74, 6) is 1.79. The van der Waals surface area contributed by atoms with Crippen LogP contribution in [0.15, 0.2) is 12.1 Å². The first-order valence-electron chi connectivity index (χ1n) is 5.43. The molecule has 5 nitrogen and oxygen atoms in total. The summed E-state index contributed by atoms with van der Waals surface area (Å²) >= 11 is 0. The lowest BCUT2D eigenvalue weighted by molar-refractivity contribution is 0.483. The number of fused-ring (bicyclic) bond motifs is 1. The lowest BCUT2D eigenvalue weighted by atomic mass is 10.0. The highest BCUT2D eigenvalue weighted by molar-refractivity contribution is 5.72. The molecule has 0 aliphatic rings. The van der Waals surface area contributed by atoms with Crippen molar-refractivity contribution in [2.45, 2.75) is 26.3 Å². The van der Waals surface area contributed by atoms with Crippen LogP contribution in [0, 0.1) is 5.92 Å². The number of anilines is 1. The highest BCUT2D eigenvalue weighted by Crippen LogP contribution is 2.13. The molecule has 0 saturated carbocycles. The normalized spacial score (nSPS) is 13.5. The molecular weight excluding hydrogens is 202 g/mol. The number of aromatic nitrogens is 3. The van der Waals surface area contributed by atoms with Crippen LogP contribution in [0.1, 0.15) is 19.7 Å². The summed E-state index contributed by atoms with van der Waals surface area (Å²) in [5, 5.41) is 0. The van der Waals surface area contributed by atoms with Crippen molar-refractivity contribution in [2.24, 2.45) is 11.7 Å². The SMILES string of the molecule is CC(C)C(N)Cc1nc2nc(N)ccc2[nH]1. The molecule has 0 aliphatic heterocycles. The van der Waals surface area contributed by atoms with Crippen molar-refractivity contribution in [3.8, 4) is 0 Å². The number of nitrogen functional groups attached to an aromatic ring is 1. The van der Waals surface area contributed by atoms with Crippen molar-refractivity contribution >= 4 is 17.0 Å². The minimum absolute atomic E-state index is 0.109. The quantitative estimate of drug-likeness (QED) is 0.719. The van der Waals surface area contributed by atoms with Crippen molar-refractivity contribution in [1.82, 2.24) is 15.0 Å². The van der Waals surface area contributed by atoms with Crippen LogP contribution in [-0.2, 0) is 6.42 Å². The Labute approximate surface area is 94.3 Å². The second kappa shape index (κ2) is 4.09. The van der Waals surface area contributed by atoms with Gasteiger partial charge >= 0.3 is 0 Å². The number of rotatable bonds is 3. The molecule has 16 heavy (non-hydrogen) atoms. The van der Waals surface area contributed by atoms with Gasteiger partial charge in [0, 0.05) is 12.5 Å². The van der Waals surface area contributed by atoms with Gasteiger partial charge in [-0.1, -0.05) is 13.8 Å². The minimum atomic E-state index is 0.109. The van der Waals surface area contributed by atoms with Gasteiger partial charge in [0.05, 0.1) is 5.52 Å². The fourth-order valence-electron chi connectivity index (χ4n) is 1.51. The van der Waals surface area contributed by atoms with Crippen LogP contribution < -0.4 is 11.5 Å². The zero-order valence-corrected chi connectivity index (χ0v) is 9.57. The molecule has 0 amide bonds. The summed E-state index contributed by atoms with van der Waals surface area (Å²) in [5.41, 5.74) is 13.1. The Morgan fingerprint density at radius 3 is 2.75 bits per heavy atom. The van der Waals surface area contributed by atoms with E-state index in [1.165, 1.54) is 0 Å². The maximum atomic E-state index is 6.00. The largest absolute Gasteiger partial charge is 0.384 e. The van der Waals surface area contributed by atoms with Gasteiger partial charge in [0.25, 0.3) is 0 Å². The molecule has 0 aliphatic carbocycles. The number of H-pyrrole nitrogens is 1. The lowest BCUT2D eigenvalue weighted by Gasteiger charge is -2.13. The van der Waals surface area contributed by atoms with Gasteiger partial charge in [-0.3, -0.25) is 0 Å². The molecular formula is C11H17N5. The highest BCUT2D eigenvalue weighted by atomic mass is 15.0. The number of aromatic amines is 1. The standard InChI is InChI=1S/C11H17N5/c1-6(2)7(12)5-10-14-8-3-4-9(13)15-11(8)16-10/h3-4,6-7H,5,12H2,1-2H3,(H3,13,14,15,16). The molecule has 1 unspecified atom stereocenters. The first kappa shape index (κ1) is 10.9. The predicted molar refractivity (Wildman–Crippen MR) is 64.8 cm³/mol. The van der Waals surface area contributed by atoms with E-state index in [1.54, 1.807) is 6.07 Å². The summed E-state index contributed by atoms with van der Waals surface area (Å²) in [6.07, 6.45) is 0.730. The zero-order valence-electron chi connectivity index (χ0n) is 9.57. The Kier molecular flexibility index (Phi) is 2.78. The monoisotopic (exact) mass is 219 g/mol. The summed E-state index contributed by atoms with van der Waals surface area (Å²) in [6, 6.07) is 3.75. The van der Waals surface area contributed by atoms with E-state index in [9.17, 15) is 0 Å². The highest BCUT2D eigenvalue weighted by Gasteiger charge is 2.12. The van der Waals surface area contributed by atoms with Gasteiger partial charge in [-0.05, 0) is 18.1 Å². The van der Waals surface area contributed by atoms with Crippen LogP contribution >= 0.6 is 0 Å². The Bertz CT molecular complexity index is 488. The fourth-order valence-corrected chi connectivity index (χ4v) is 1.51. The van der Waals surface area contributed by atoms with Crippen LogP contribution in [0.25, 0.3) is 11.2 Å². The van der Waals surface area contributed by atoms with Gasteiger partial charge < -0.3 is 16.5 Å². The summed E-state index contributed by atoms with van der Waals surface area (Å²) < 4.78 is 0. The maximum absolute atomic E-state index is 6.00. The van der Waals surface area contributed by atoms with Crippen LogP contribution in [0.2, 0.25) is 0 Å². The van der Waals surface area contributed by atoms with Gasteiger partial charge in [0.1, 0.15) is 11.6 Å². The summed E-state index contributed by atoms with van der Waals surface area (Å²) in [6.45, 7) is 4.20. The smallest absolute Gasteiger partial charge is 0.179 e. The molecule has 2 aromatic rings. The van der Waals surface area contributed by atoms with E-state index in [-0.39, 0.29) is 6.04 Å². The molecule has 0 bridgehead atoms. The molecule has 0 aromatic carbocycles. The molecule has 0 spiro atoms. The molecule has 86 valence electrons. The number of hydrogen-bond donors (Lipinski definition) is 3. The van der Waals surface area contributed by atoms with Gasteiger partial charge in [-0.15, -0.1) is 0 Å². The third-order valence-corrected chi connectivity index (χ3v) is 2.70. The Hall–Kier alpha value is -1.62. The molecule has 5 N–H and O–H groups in total. The number of hydrogen-bond acceptors (Lipinski definition) is 4. The Balaban J connectivity index is 2.26. The number of pyridine rings is 1. The van der Waals surface area contributed by atoms with Crippen molar-refractivity contribution in [1.29, 1.82) is 0 Å². The van der Waals surface area contributed by atoms with Crippen molar-refractivity contribution < 1.29 is 0 Å². The second-order valence-electron chi connectivity index (χ2n) is 4.40. The van der Waals surface area contributed by atoms with E-state index < -0.39 is 0 Å². The van der Waals surface area contributed by atoms with E-state index in [0.717, 1.165) is 17.8 Å². The minimum Gasteiger partial charge on any atom is -0.384 e. The van der Waals surface area contributed by atoms with Gasteiger partial charge in [0.15, 0.2) is 5.65 Å². The van der Waals surface area contributed by atoms with Crippen molar-refractivity contribution in [3.63, 3.8) is 0 Å². The van der Waals surface area contributed by atoms with E-state index >= 15 is 0 Å². The molecule has 2 aromatic heterocycles. The van der Waals surface area contributed by atoms with E-state index in [4.69, 9.17) is 11.5 Å². The van der Waals surface area contributed by atoms with Crippen LogP contribution in [0.4, 0.5) is 5.82 Å². The molecule has 0 fully saturated rings. The van der Waals surface area contributed by atoms with Crippen LogP contribution in [-0.4, -0.2) is 21.0 Å². The van der Waals surface area contributed by atoms with Crippen LogP contribution in [0.3, 0.4) is 0 Å². The Morgan fingerprint density at radius 2 is 2.06 bits per heavy atom. The summed E-state index contributed by atoms with van der Waals surface area (Å²) in [4.78, 5) is 11.7. The molecule has 2 heterocycles. The van der Waals surface area contributed by atoms with Crippen molar-refractivity contribution in [2.75, 3.05) is 5.73 Å². The van der Waals surface area contributed by atoms with Gasteiger partial charge in [-0.25, -0.2) is 9.97 Å². The number of nitrogens with one attached hydrogen (secondary N) is 1. The van der Waals surface area contributed by atoms with E-state index in [1.807, 2.05) is 6.07 Å².